The van der Waals surface area contributed by atoms with Gasteiger partial charge >= 0.3 is 12.0 Å². The maximum Gasteiger partial charge on any atom is 0.314 e. The van der Waals surface area contributed by atoms with Gasteiger partial charge in [0.1, 0.15) is 0 Å². The van der Waals surface area contributed by atoms with E-state index in [-0.39, 0.29) is 24.4 Å². The van der Waals surface area contributed by atoms with Gasteiger partial charge in [-0.1, -0.05) is 36.8 Å². The zero-order chi connectivity index (χ0) is 14.4. The van der Waals surface area contributed by atoms with E-state index < -0.39 is 5.97 Å². The lowest BCUT2D eigenvalue weighted by Gasteiger charge is -2.42. The minimum Gasteiger partial charge on any atom is -0.481 e. The van der Waals surface area contributed by atoms with Gasteiger partial charge in [-0.05, 0) is 18.4 Å². The van der Waals surface area contributed by atoms with Gasteiger partial charge in [-0.25, -0.2) is 4.79 Å². The molecule has 1 saturated carbocycles. The van der Waals surface area contributed by atoms with Crippen molar-refractivity contribution in [2.75, 3.05) is 13.1 Å². The molecule has 5 heteroatoms. The zero-order valence-electron chi connectivity index (χ0n) is 11.4. The lowest BCUT2D eigenvalue weighted by Crippen LogP contribution is -2.48. The topological polar surface area (TPSA) is 78.4 Å². The van der Waals surface area contributed by atoms with Crippen molar-refractivity contribution in [2.24, 2.45) is 0 Å². The van der Waals surface area contributed by atoms with Gasteiger partial charge in [0.2, 0.25) is 0 Å². The fourth-order valence-corrected chi connectivity index (χ4v) is 2.56. The molecule has 1 aromatic carbocycles. The lowest BCUT2D eigenvalue weighted by molar-refractivity contribution is -0.136. The molecule has 0 heterocycles. The molecule has 0 atom stereocenters. The quantitative estimate of drug-likeness (QED) is 0.742. The van der Waals surface area contributed by atoms with Crippen LogP contribution < -0.4 is 10.6 Å². The van der Waals surface area contributed by atoms with E-state index >= 15 is 0 Å². The molecular weight excluding hydrogens is 256 g/mol. The van der Waals surface area contributed by atoms with Gasteiger partial charge in [-0.2, -0.15) is 0 Å². The van der Waals surface area contributed by atoms with Gasteiger partial charge in [-0.15, -0.1) is 0 Å². The molecule has 0 aromatic heterocycles. The first-order chi connectivity index (χ1) is 9.62. The van der Waals surface area contributed by atoms with Crippen molar-refractivity contribution in [2.45, 2.75) is 31.1 Å². The predicted molar refractivity (Wildman–Crippen MR) is 75.6 cm³/mol. The van der Waals surface area contributed by atoms with Crippen LogP contribution in [-0.2, 0) is 10.2 Å². The maximum atomic E-state index is 11.6. The summed E-state index contributed by atoms with van der Waals surface area (Å²) < 4.78 is 0. The van der Waals surface area contributed by atoms with Gasteiger partial charge in [-0.3, -0.25) is 4.79 Å². The molecule has 0 saturated heterocycles. The van der Waals surface area contributed by atoms with E-state index in [1.54, 1.807) is 0 Å². The summed E-state index contributed by atoms with van der Waals surface area (Å²) in [5.74, 6) is -0.912. The van der Waals surface area contributed by atoms with E-state index in [0.717, 1.165) is 12.8 Å². The van der Waals surface area contributed by atoms with Gasteiger partial charge in [0.05, 0.1) is 6.42 Å². The molecule has 0 unspecified atom stereocenters. The summed E-state index contributed by atoms with van der Waals surface area (Å²) in [6.07, 6.45) is 3.27. The molecule has 0 aliphatic heterocycles. The third-order valence-electron chi connectivity index (χ3n) is 3.91. The Morgan fingerprint density at radius 1 is 1.15 bits per heavy atom. The van der Waals surface area contributed by atoms with Crippen LogP contribution in [0.3, 0.4) is 0 Å². The highest BCUT2D eigenvalue weighted by molar-refractivity contribution is 5.75. The number of nitrogens with one attached hydrogen (secondary N) is 2. The summed E-state index contributed by atoms with van der Waals surface area (Å²) in [6.45, 7) is 0.745. The molecule has 0 bridgehead atoms. The first kappa shape index (κ1) is 14.4. The van der Waals surface area contributed by atoms with Gasteiger partial charge < -0.3 is 15.7 Å². The highest BCUT2D eigenvalue weighted by Gasteiger charge is 2.38. The van der Waals surface area contributed by atoms with E-state index in [9.17, 15) is 9.59 Å². The molecule has 20 heavy (non-hydrogen) atoms. The Bertz CT molecular complexity index is 469. The van der Waals surface area contributed by atoms with E-state index in [1.165, 1.54) is 12.0 Å². The largest absolute Gasteiger partial charge is 0.481 e. The number of hydrogen-bond acceptors (Lipinski definition) is 2. The Hall–Kier alpha value is -2.04. The second-order valence-corrected chi connectivity index (χ2v) is 5.25. The van der Waals surface area contributed by atoms with Crippen molar-refractivity contribution in [1.29, 1.82) is 0 Å². The van der Waals surface area contributed by atoms with Gasteiger partial charge in [0.15, 0.2) is 0 Å². The fourth-order valence-electron chi connectivity index (χ4n) is 2.56. The molecule has 108 valence electrons. The van der Waals surface area contributed by atoms with E-state index in [1.807, 2.05) is 18.2 Å². The minimum absolute atomic E-state index is 0.0470. The molecule has 1 aliphatic carbocycles. The van der Waals surface area contributed by atoms with Crippen LogP contribution in [0.1, 0.15) is 31.2 Å². The van der Waals surface area contributed by atoms with Crippen molar-refractivity contribution in [3.05, 3.63) is 35.9 Å². The van der Waals surface area contributed by atoms with Crippen LogP contribution in [-0.4, -0.2) is 30.2 Å². The summed E-state index contributed by atoms with van der Waals surface area (Å²) in [6, 6.07) is 9.92. The number of carboxylic acids is 1. The molecule has 1 aliphatic rings. The number of carboxylic acid groups (broad SMARTS) is 1. The number of carbonyl (C=O) groups is 2. The maximum absolute atomic E-state index is 11.6. The highest BCUT2D eigenvalue weighted by Crippen LogP contribution is 2.42. The zero-order valence-corrected chi connectivity index (χ0v) is 11.4. The summed E-state index contributed by atoms with van der Waals surface area (Å²) in [7, 11) is 0. The molecule has 2 rings (SSSR count). The number of carbonyl (C=O) groups excluding carboxylic acids is 1. The second kappa shape index (κ2) is 6.41. The smallest absolute Gasteiger partial charge is 0.314 e. The number of hydrogen-bond donors (Lipinski definition) is 3. The first-order valence-electron chi connectivity index (χ1n) is 6.91. The van der Waals surface area contributed by atoms with E-state index in [4.69, 9.17) is 5.11 Å². The van der Waals surface area contributed by atoms with Crippen molar-refractivity contribution in [3.8, 4) is 0 Å². The summed E-state index contributed by atoms with van der Waals surface area (Å²) >= 11 is 0. The molecule has 0 radical (unpaired) electrons. The SMILES string of the molecule is O=C(O)CCNC(=O)NCC1(c2ccccc2)CCC1. The molecule has 1 aromatic rings. The van der Waals surface area contributed by atoms with Crippen LogP contribution in [0.4, 0.5) is 4.79 Å². The van der Waals surface area contributed by atoms with Crippen LogP contribution in [0, 0.1) is 0 Å². The number of aliphatic carboxylic acids is 1. The number of urea groups is 1. The molecule has 0 spiro atoms. The van der Waals surface area contributed by atoms with E-state index in [2.05, 4.69) is 22.8 Å². The van der Waals surface area contributed by atoms with E-state index in [0.29, 0.717) is 6.54 Å². The number of rotatable bonds is 6. The Balaban J connectivity index is 1.82. The lowest BCUT2D eigenvalue weighted by atomic mass is 9.64. The standard InChI is InChI=1S/C15H20N2O3/c18-13(19)7-10-16-14(20)17-11-15(8-4-9-15)12-5-2-1-3-6-12/h1-3,5-6H,4,7-11H2,(H,18,19)(H2,16,17,20). The van der Waals surface area contributed by atoms with Crippen molar-refractivity contribution in [1.82, 2.24) is 10.6 Å². The third-order valence-corrected chi connectivity index (χ3v) is 3.91. The highest BCUT2D eigenvalue weighted by atomic mass is 16.4. The average molecular weight is 276 g/mol. The van der Waals surface area contributed by atoms with Crippen LogP contribution in [0.2, 0.25) is 0 Å². The number of benzene rings is 1. The van der Waals surface area contributed by atoms with Crippen LogP contribution in [0.5, 0.6) is 0 Å². The van der Waals surface area contributed by atoms with Gasteiger partial charge in [0.25, 0.3) is 0 Å². The van der Waals surface area contributed by atoms with Crippen molar-refractivity contribution < 1.29 is 14.7 Å². The Morgan fingerprint density at radius 3 is 2.40 bits per heavy atom. The van der Waals surface area contributed by atoms with Crippen LogP contribution >= 0.6 is 0 Å². The van der Waals surface area contributed by atoms with Gasteiger partial charge in [0, 0.05) is 18.5 Å². The summed E-state index contributed by atoms with van der Waals surface area (Å²) in [4.78, 5) is 22.0. The minimum atomic E-state index is -0.912. The molecule has 2 amide bonds. The fraction of sp³-hybridized carbons (Fsp3) is 0.467. The second-order valence-electron chi connectivity index (χ2n) is 5.25. The number of amides is 2. The molecule has 3 N–H and O–H groups in total. The Morgan fingerprint density at radius 2 is 1.85 bits per heavy atom. The average Bonchev–Trinajstić information content (AvgIpc) is 2.38. The third kappa shape index (κ3) is 3.50. The summed E-state index contributed by atoms with van der Waals surface area (Å²) in [5.41, 5.74) is 1.31. The molecular formula is C15H20N2O3. The molecule has 5 nitrogen and oxygen atoms in total. The molecule has 1 fully saturated rings. The van der Waals surface area contributed by atoms with Crippen LogP contribution in [0.15, 0.2) is 30.3 Å². The Labute approximate surface area is 118 Å². The summed E-state index contributed by atoms with van der Waals surface area (Å²) in [5, 5.41) is 13.9. The van der Waals surface area contributed by atoms with Crippen molar-refractivity contribution >= 4 is 12.0 Å². The Kier molecular flexibility index (Phi) is 4.61. The van der Waals surface area contributed by atoms with Crippen molar-refractivity contribution in [3.63, 3.8) is 0 Å². The first-order valence-corrected chi connectivity index (χ1v) is 6.91. The normalized spacial score (nSPS) is 16.0. The monoisotopic (exact) mass is 276 g/mol. The van der Waals surface area contributed by atoms with Crippen LogP contribution in [0.25, 0.3) is 0 Å². The predicted octanol–water partition coefficient (Wildman–Crippen LogP) is 1.88.